The number of nitrogens with zero attached hydrogens (tertiary/aromatic N) is 2. The first kappa shape index (κ1) is 16.3. The summed E-state index contributed by atoms with van der Waals surface area (Å²) < 4.78 is 6.55. The maximum absolute atomic E-state index is 12.2. The minimum absolute atomic E-state index is 0.0529. The Balaban J connectivity index is 2.60. The van der Waals surface area contributed by atoms with Crippen LogP contribution in [0.3, 0.4) is 0 Å². The number of carbonyl (C=O) groups is 1. The minimum atomic E-state index is -1.69. The summed E-state index contributed by atoms with van der Waals surface area (Å²) in [5.74, 6) is -0.419. The summed E-state index contributed by atoms with van der Waals surface area (Å²) in [6, 6.07) is 0. The van der Waals surface area contributed by atoms with Gasteiger partial charge in [-0.15, -0.1) is 6.58 Å². The lowest BCUT2D eigenvalue weighted by atomic mass is 10.0. The number of hydrogen-bond acceptors (Lipinski definition) is 7. The van der Waals surface area contributed by atoms with Gasteiger partial charge in [-0.1, -0.05) is 6.08 Å². The summed E-state index contributed by atoms with van der Waals surface area (Å²) in [5.41, 5.74) is 3.75. The molecule has 0 unspecified atom stereocenters. The molecule has 2 rings (SSSR count). The van der Waals surface area contributed by atoms with Crippen LogP contribution in [0.1, 0.15) is 18.9 Å². The van der Waals surface area contributed by atoms with Crippen molar-refractivity contribution in [1.29, 1.82) is 0 Å². The first-order chi connectivity index (χ1) is 10.4. The number of nitrogens with two attached hydrogens (primary N) is 1. The zero-order valence-electron chi connectivity index (χ0n) is 12.2. The molecule has 2 heterocycles. The number of anilines is 1. The number of nitrogen functional groups attached to an aromatic ring is 1. The van der Waals surface area contributed by atoms with Crippen molar-refractivity contribution in [1.82, 2.24) is 9.55 Å². The highest BCUT2D eigenvalue weighted by Gasteiger charge is 2.51. The van der Waals surface area contributed by atoms with Gasteiger partial charge in [0, 0.05) is 18.2 Å². The number of rotatable bonds is 5. The zero-order chi connectivity index (χ0) is 16.5. The van der Waals surface area contributed by atoms with E-state index in [-0.39, 0.29) is 12.2 Å². The van der Waals surface area contributed by atoms with Gasteiger partial charge in [0.05, 0.1) is 12.7 Å². The molecule has 0 saturated carbocycles. The Morgan fingerprint density at radius 3 is 2.91 bits per heavy atom. The van der Waals surface area contributed by atoms with E-state index in [0.29, 0.717) is 12.0 Å². The number of ketones is 1. The Morgan fingerprint density at radius 2 is 2.41 bits per heavy atom. The molecule has 3 atom stereocenters. The molecule has 1 aromatic heterocycles. The van der Waals surface area contributed by atoms with Crippen LogP contribution in [0, 0.1) is 0 Å². The topological polar surface area (TPSA) is 128 Å². The van der Waals surface area contributed by atoms with Crippen LogP contribution in [-0.2, 0) is 21.7 Å². The fraction of sp³-hybridized carbons (Fsp3) is 0.500. The van der Waals surface area contributed by atoms with Gasteiger partial charge in [0.1, 0.15) is 11.9 Å². The summed E-state index contributed by atoms with van der Waals surface area (Å²) in [6.07, 6.45) is 1.17. The first-order valence-corrected chi connectivity index (χ1v) is 6.83. The third-order valence-corrected chi connectivity index (χ3v) is 3.78. The number of allylic oxidation sites excluding steroid dienone is 1. The highest BCUT2D eigenvalue weighted by atomic mass is 16.6. The third kappa shape index (κ3) is 2.56. The quantitative estimate of drug-likeness (QED) is 0.591. The highest BCUT2D eigenvalue weighted by Crippen LogP contribution is 2.35. The summed E-state index contributed by atoms with van der Waals surface area (Å²) in [6.45, 7) is 4.38. The van der Waals surface area contributed by atoms with Crippen LogP contribution in [0.25, 0.3) is 0 Å². The number of Topliss-reactive ketones (excluding diaryl/α,β-unsaturated/α-hetero) is 1. The van der Waals surface area contributed by atoms with E-state index in [2.05, 4.69) is 11.6 Å². The van der Waals surface area contributed by atoms with E-state index in [1.165, 1.54) is 13.1 Å². The molecule has 0 amide bonds. The molecule has 0 spiro atoms. The van der Waals surface area contributed by atoms with E-state index in [0.717, 1.165) is 4.57 Å². The SMILES string of the molecule is C=CCc1cn([C@@]2(C(C)=O)C[C@H](O)[C@@H](CO)O2)c(=O)nc1N. The fourth-order valence-corrected chi connectivity index (χ4v) is 2.58. The Morgan fingerprint density at radius 1 is 1.73 bits per heavy atom. The number of aromatic nitrogens is 2. The maximum atomic E-state index is 12.2. The van der Waals surface area contributed by atoms with E-state index < -0.39 is 36.0 Å². The monoisotopic (exact) mass is 309 g/mol. The number of carbonyl (C=O) groups excluding carboxylic acids is 1. The van der Waals surface area contributed by atoms with Gasteiger partial charge < -0.3 is 20.7 Å². The van der Waals surface area contributed by atoms with Crippen molar-refractivity contribution in [3.63, 3.8) is 0 Å². The van der Waals surface area contributed by atoms with E-state index in [9.17, 15) is 19.8 Å². The lowest BCUT2D eigenvalue weighted by molar-refractivity contribution is -0.160. The standard InChI is InChI=1S/C14H19N3O5/c1-3-4-9-6-17(13(21)16-12(9)15)14(8(2)19)5-10(20)11(7-18)22-14/h3,6,10-11,18,20H,1,4-5,7H2,2H3,(H2,15,16,21)/t10-,11+,14-/m0/s1. The molecular formula is C14H19N3O5. The number of aliphatic hydroxyl groups is 2. The number of ether oxygens (including phenoxy) is 1. The van der Waals surface area contributed by atoms with Gasteiger partial charge in [0.25, 0.3) is 0 Å². The highest BCUT2D eigenvalue weighted by molar-refractivity contribution is 5.83. The largest absolute Gasteiger partial charge is 0.394 e. The molecule has 4 N–H and O–H groups in total. The van der Waals surface area contributed by atoms with E-state index in [1.54, 1.807) is 6.08 Å². The summed E-state index contributed by atoms with van der Waals surface area (Å²) in [5, 5.41) is 19.2. The van der Waals surface area contributed by atoms with Crippen molar-refractivity contribution in [3.8, 4) is 0 Å². The van der Waals surface area contributed by atoms with Crippen LogP contribution < -0.4 is 11.4 Å². The van der Waals surface area contributed by atoms with Gasteiger partial charge in [-0.2, -0.15) is 4.98 Å². The minimum Gasteiger partial charge on any atom is -0.394 e. The Bertz CT molecular complexity index is 656. The Hall–Kier alpha value is -2.03. The zero-order valence-corrected chi connectivity index (χ0v) is 12.2. The molecule has 0 bridgehead atoms. The van der Waals surface area contributed by atoms with E-state index in [1.807, 2.05) is 0 Å². The molecule has 0 aromatic carbocycles. The summed E-state index contributed by atoms with van der Waals surface area (Å²) in [7, 11) is 0. The average Bonchev–Trinajstić information content (AvgIpc) is 2.80. The molecule has 1 fully saturated rings. The molecular weight excluding hydrogens is 290 g/mol. The second-order valence-electron chi connectivity index (χ2n) is 5.25. The van der Waals surface area contributed by atoms with Crippen molar-refractivity contribution in [3.05, 3.63) is 34.9 Å². The van der Waals surface area contributed by atoms with Crippen LogP contribution in [0.4, 0.5) is 5.82 Å². The first-order valence-electron chi connectivity index (χ1n) is 6.83. The molecule has 22 heavy (non-hydrogen) atoms. The second kappa shape index (κ2) is 5.99. The fourth-order valence-electron chi connectivity index (χ4n) is 2.58. The lowest BCUT2D eigenvalue weighted by Crippen LogP contribution is -2.48. The Labute approximate surface area is 126 Å². The normalized spacial score (nSPS) is 27.8. The molecule has 0 aliphatic carbocycles. The molecule has 1 aromatic rings. The van der Waals surface area contributed by atoms with E-state index in [4.69, 9.17) is 10.5 Å². The summed E-state index contributed by atoms with van der Waals surface area (Å²) >= 11 is 0. The summed E-state index contributed by atoms with van der Waals surface area (Å²) in [4.78, 5) is 28.0. The van der Waals surface area contributed by atoms with Crippen molar-refractivity contribution >= 4 is 11.6 Å². The number of hydrogen-bond donors (Lipinski definition) is 3. The van der Waals surface area contributed by atoms with Crippen molar-refractivity contribution < 1.29 is 19.7 Å². The van der Waals surface area contributed by atoms with Crippen LogP contribution >= 0.6 is 0 Å². The molecule has 1 aliphatic rings. The van der Waals surface area contributed by atoms with Gasteiger partial charge in [-0.3, -0.25) is 9.36 Å². The van der Waals surface area contributed by atoms with Crippen LogP contribution in [0.5, 0.6) is 0 Å². The predicted octanol–water partition coefficient (Wildman–Crippen LogP) is -1.06. The van der Waals surface area contributed by atoms with Crippen molar-refractivity contribution in [2.45, 2.75) is 37.7 Å². The molecule has 1 saturated heterocycles. The smallest absolute Gasteiger partial charge is 0.352 e. The van der Waals surface area contributed by atoms with Crippen molar-refractivity contribution in [2.75, 3.05) is 12.3 Å². The van der Waals surface area contributed by atoms with Crippen LogP contribution in [0.2, 0.25) is 0 Å². The third-order valence-electron chi connectivity index (χ3n) is 3.78. The Kier molecular flexibility index (Phi) is 4.45. The lowest BCUT2D eigenvalue weighted by Gasteiger charge is -2.28. The number of aliphatic hydroxyl groups excluding tert-OH is 2. The van der Waals surface area contributed by atoms with Gasteiger partial charge >= 0.3 is 5.69 Å². The van der Waals surface area contributed by atoms with Gasteiger partial charge in [-0.25, -0.2) is 4.79 Å². The molecule has 0 radical (unpaired) electrons. The van der Waals surface area contributed by atoms with Gasteiger partial charge in [0.15, 0.2) is 5.78 Å². The van der Waals surface area contributed by atoms with Gasteiger partial charge in [0.2, 0.25) is 5.72 Å². The van der Waals surface area contributed by atoms with Crippen LogP contribution in [-0.4, -0.2) is 44.4 Å². The van der Waals surface area contributed by atoms with Crippen molar-refractivity contribution in [2.24, 2.45) is 0 Å². The van der Waals surface area contributed by atoms with E-state index >= 15 is 0 Å². The maximum Gasteiger partial charge on any atom is 0.352 e. The predicted molar refractivity (Wildman–Crippen MR) is 78.0 cm³/mol. The van der Waals surface area contributed by atoms with Gasteiger partial charge in [-0.05, 0) is 13.3 Å². The molecule has 1 aliphatic heterocycles. The molecule has 8 nitrogen and oxygen atoms in total. The average molecular weight is 309 g/mol. The van der Waals surface area contributed by atoms with Crippen LogP contribution in [0.15, 0.2) is 23.6 Å². The second-order valence-corrected chi connectivity index (χ2v) is 5.25. The molecule has 8 heteroatoms. The molecule has 120 valence electrons.